The minimum atomic E-state index is -0.0763. The highest BCUT2D eigenvalue weighted by Crippen LogP contribution is 2.19. The van der Waals surface area contributed by atoms with E-state index >= 15 is 0 Å². The van der Waals surface area contributed by atoms with Crippen molar-refractivity contribution >= 4 is 33.2 Å². The van der Waals surface area contributed by atoms with E-state index in [0.29, 0.717) is 18.7 Å². The van der Waals surface area contributed by atoms with Crippen LogP contribution < -0.4 is 10.1 Å². The van der Waals surface area contributed by atoms with E-state index in [1.165, 1.54) is 0 Å². The van der Waals surface area contributed by atoms with Gasteiger partial charge >= 0.3 is 0 Å². The maximum atomic E-state index is 11.9. The van der Waals surface area contributed by atoms with E-state index in [4.69, 9.17) is 4.74 Å². The average Bonchev–Trinajstić information content (AvgIpc) is 2.83. The Morgan fingerprint density at radius 1 is 1.37 bits per heavy atom. The molecule has 2 rings (SSSR count). The molecule has 0 aliphatic rings. The van der Waals surface area contributed by atoms with Gasteiger partial charge < -0.3 is 10.1 Å². The van der Waals surface area contributed by atoms with Gasteiger partial charge in [0.1, 0.15) is 5.75 Å². The SMILES string of the molecule is CCOc1ccc(C(=O)NCc2cc(Br)cs2)cc1. The van der Waals surface area contributed by atoms with Gasteiger partial charge in [-0.25, -0.2) is 0 Å². The first-order valence-corrected chi connectivity index (χ1v) is 7.60. The van der Waals surface area contributed by atoms with Gasteiger partial charge in [-0.05, 0) is 53.2 Å². The Bertz CT molecular complexity index is 551. The van der Waals surface area contributed by atoms with E-state index in [0.717, 1.165) is 15.1 Å². The second-order valence-electron chi connectivity index (χ2n) is 3.87. The molecule has 100 valence electrons. The Morgan fingerprint density at radius 2 is 2.11 bits per heavy atom. The van der Waals surface area contributed by atoms with Gasteiger partial charge in [-0.1, -0.05) is 0 Å². The molecule has 0 saturated heterocycles. The van der Waals surface area contributed by atoms with Gasteiger partial charge in [0.05, 0.1) is 13.2 Å². The van der Waals surface area contributed by atoms with Crippen molar-refractivity contribution in [2.75, 3.05) is 6.61 Å². The van der Waals surface area contributed by atoms with Crippen molar-refractivity contribution in [3.05, 3.63) is 50.6 Å². The van der Waals surface area contributed by atoms with Crippen LogP contribution in [0.4, 0.5) is 0 Å². The summed E-state index contributed by atoms with van der Waals surface area (Å²) in [6, 6.07) is 9.15. The van der Waals surface area contributed by atoms with Crippen LogP contribution in [0.2, 0.25) is 0 Å². The lowest BCUT2D eigenvalue weighted by molar-refractivity contribution is 0.0951. The van der Waals surface area contributed by atoms with Crippen molar-refractivity contribution in [3.63, 3.8) is 0 Å². The third-order valence-corrected chi connectivity index (χ3v) is 4.17. The lowest BCUT2D eigenvalue weighted by Gasteiger charge is -2.05. The van der Waals surface area contributed by atoms with E-state index in [-0.39, 0.29) is 5.91 Å². The van der Waals surface area contributed by atoms with E-state index in [1.807, 2.05) is 18.4 Å². The first-order valence-electron chi connectivity index (χ1n) is 5.93. The topological polar surface area (TPSA) is 38.3 Å². The number of amides is 1. The molecule has 1 aromatic carbocycles. The summed E-state index contributed by atoms with van der Waals surface area (Å²) in [5.41, 5.74) is 0.638. The quantitative estimate of drug-likeness (QED) is 0.898. The predicted octanol–water partition coefficient (Wildman–Crippen LogP) is 3.84. The van der Waals surface area contributed by atoms with Crippen LogP contribution in [0, 0.1) is 0 Å². The van der Waals surface area contributed by atoms with E-state index in [1.54, 1.807) is 35.6 Å². The average molecular weight is 340 g/mol. The number of ether oxygens (including phenoxy) is 1. The van der Waals surface area contributed by atoms with Crippen LogP contribution in [0.25, 0.3) is 0 Å². The zero-order chi connectivity index (χ0) is 13.7. The summed E-state index contributed by atoms with van der Waals surface area (Å²) in [6.45, 7) is 3.10. The van der Waals surface area contributed by atoms with E-state index in [9.17, 15) is 4.79 Å². The molecule has 0 fully saturated rings. The third-order valence-electron chi connectivity index (χ3n) is 2.47. The van der Waals surface area contributed by atoms with Crippen LogP contribution in [-0.4, -0.2) is 12.5 Å². The Balaban J connectivity index is 1.92. The Kier molecular flexibility index (Phi) is 4.99. The van der Waals surface area contributed by atoms with Crippen LogP contribution in [0.3, 0.4) is 0 Å². The van der Waals surface area contributed by atoms with Crippen LogP contribution in [0.1, 0.15) is 22.2 Å². The molecule has 3 nitrogen and oxygen atoms in total. The highest BCUT2D eigenvalue weighted by Gasteiger charge is 2.06. The van der Waals surface area contributed by atoms with Crippen LogP contribution in [0.5, 0.6) is 5.75 Å². The summed E-state index contributed by atoms with van der Waals surface area (Å²) in [5, 5.41) is 4.89. The predicted molar refractivity (Wildman–Crippen MR) is 80.8 cm³/mol. The fourth-order valence-corrected chi connectivity index (χ4v) is 2.98. The van der Waals surface area contributed by atoms with E-state index in [2.05, 4.69) is 21.2 Å². The van der Waals surface area contributed by atoms with Crippen LogP contribution in [0.15, 0.2) is 40.2 Å². The second-order valence-corrected chi connectivity index (χ2v) is 5.78. The van der Waals surface area contributed by atoms with E-state index < -0.39 is 0 Å². The molecule has 0 unspecified atom stereocenters. The standard InChI is InChI=1S/C14H14BrNO2S/c1-2-18-12-5-3-10(4-6-12)14(17)16-8-13-7-11(15)9-19-13/h3-7,9H,2,8H2,1H3,(H,16,17). The molecule has 1 N–H and O–H groups in total. The third kappa shape index (κ3) is 4.08. The molecule has 1 amide bonds. The lowest BCUT2D eigenvalue weighted by atomic mass is 10.2. The Labute approximate surface area is 124 Å². The maximum absolute atomic E-state index is 11.9. The number of carbonyl (C=O) groups is 1. The van der Waals surface area contributed by atoms with Crippen molar-refractivity contribution < 1.29 is 9.53 Å². The van der Waals surface area contributed by atoms with Crippen LogP contribution >= 0.6 is 27.3 Å². The van der Waals surface area contributed by atoms with Gasteiger partial charge in [0.15, 0.2) is 0 Å². The van der Waals surface area contributed by atoms with Gasteiger partial charge in [0, 0.05) is 20.3 Å². The Hall–Kier alpha value is -1.33. The minimum Gasteiger partial charge on any atom is -0.494 e. The fourth-order valence-electron chi connectivity index (χ4n) is 1.59. The smallest absolute Gasteiger partial charge is 0.251 e. The number of hydrogen-bond donors (Lipinski definition) is 1. The summed E-state index contributed by atoms with van der Waals surface area (Å²) >= 11 is 5.00. The molecule has 5 heteroatoms. The van der Waals surface area contributed by atoms with Gasteiger partial charge in [-0.3, -0.25) is 4.79 Å². The molecular formula is C14H14BrNO2S. The fraction of sp³-hybridized carbons (Fsp3) is 0.214. The largest absolute Gasteiger partial charge is 0.494 e. The lowest BCUT2D eigenvalue weighted by Crippen LogP contribution is -2.22. The molecule has 1 aromatic heterocycles. The summed E-state index contributed by atoms with van der Waals surface area (Å²) in [7, 11) is 0. The first-order chi connectivity index (χ1) is 9.19. The first kappa shape index (κ1) is 14.1. The number of hydrogen-bond acceptors (Lipinski definition) is 3. The zero-order valence-corrected chi connectivity index (χ0v) is 12.9. The van der Waals surface area contributed by atoms with Crippen molar-refractivity contribution in [2.24, 2.45) is 0 Å². The molecule has 19 heavy (non-hydrogen) atoms. The van der Waals surface area contributed by atoms with Crippen LogP contribution in [-0.2, 0) is 6.54 Å². The number of halogens is 1. The molecule has 0 aliphatic heterocycles. The molecule has 1 heterocycles. The van der Waals surface area contributed by atoms with Gasteiger partial charge in [-0.15, -0.1) is 11.3 Å². The van der Waals surface area contributed by atoms with Crippen molar-refractivity contribution in [3.8, 4) is 5.75 Å². The molecule has 0 spiro atoms. The highest BCUT2D eigenvalue weighted by molar-refractivity contribution is 9.10. The van der Waals surface area contributed by atoms with Crippen molar-refractivity contribution in [1.29, 1.82) is 0 Å². The number of benzene rings is 1. The van der Waals surface area contributed by atoms with Crippen molar-refractivity contribution in [2.45, 2.75) is 13.5 Å². The number of carbonyl (C=O) groups excluding carboxylic acids is 1. The van der Waals surface area contributed by atoms with Gasteiger partial charge in [0.25, 0.3) is 5.91 Å². The van der Waals surface area contributed by atoms with Gasteiger partial charge in [0.2, 0.25) is 0 Å². The molecule has 0 radical (unpaired) electrons. The molecule has 2 aromatic rings. The number of thiophene rings is 1. The number of nitrogens with one attached hydrogen (secondary N) is 1. The molecule has 0 atom stereocenters. The normalized spacial score (nSPS) is 10.2. The minimum absolute atomic E-state index is 0.0763. The molecule has 0 bridgehead atoms. The monoisotopic (exact) mass is 339 g/mol. The number of rotatable bonds is 5. The zero-order valence-electron chi connectivity index (χ0n) is 10.5. The summed E-state index contributed by atoms with van der Waals surface area (Å²) in [6.07, 6.45) is 0. The van der Waals surface area contributed by atoms with Crippen molar-refractivity contribution in [1.82, 2.24) is 5.32 Å². The molecule has 0 aliphatic carbocycles. The molecule has 0 saturated carbocycles. The highest BCUT2D eigenvalue weighted by atomic mass is 79.9. The molecular weight excluding hydrogens is 326 g/mol. The summed E-state index contributed by atoms with van der Waals surface area (Å²) < 4.78 is 6.38. The Morgan fingerprint density at radius 3 is 2.68 bits per heavy atom. The second kappa shape index (κ2) is 6.73. The van der Waals surface area contributed by atoms with Gasteiger partial charge in [-0.2, -0.15) is 0 Å². The summed E-state index contributed by atoms with van der Waals surface area (Å²) in [5.74, 6) is 0.703. The summed E-state index contributed by atoms with van der Waals surface area (Å²) in [4.78, 5) is 13.1. The maximum Gasteiger partial charge on any atom is 0.251 e.